The molecule has 0 aromatic rings. The molecule has 0 spiro atoms. The Kier molecular flexibility index (Phi) is 140. The van der Waals surface area contributed by atoms with Crippen molar-refractivity contribution in [2.75, 3.05) is 0 Å². The average molecular weight is 405 g/mol. The normalized spacial score (nSPS) is 0. The summed E-state index contributed by atoms with van der Waals surface area (Å²) in [6, 6.07) is 0. The fraction of sp³-hybridized carbons (Fsp3) is 0. The first kappa shape index (κ1) is 31.4. The summed E-state index contributed by atoms with van der Waals surface area (Å²) in [4.78, 5) is 0. The van der Waals surface area contributed by atoms with Gasteiger partial charge in [0.25, 0.3) is 0 Å². The Balaban J connectivity index is 0. The van der Waals surface area contributed by atoms with Crippen LogP contribution in [0.3, 0.4) is 0 Å². The van der Waals surface area contributed by atoms with Crippen LogP contribution in [0, 0.1) is 0 Å². The average Bonchev–Trinajstić information content (AvgIpc) is 0. The van der Waals surface area contributed by atoms with E-state index < -0.39 is 0 Å². The molecule has 4 heteroatoms. The van der Waals surface area contributed by atoms with Crippen LogP contribution in [0.2, 0.25) is 0 Å². The maximum absolute atomic E-state index is 0. The van der Waals surface area contributed by atoms with E-state index in [0.717, 1.165) is 0 Å². The van der Waals surface area contributed by atoms with Gasteiger partial charge >= 0.3 is 0 Å². The van der Waals surface area contributed by atoms with E-state index in [1.54, 1.807) is 0 Å². The summed E-state index contributed by atoms with van der Waals surface area (Å²) in [5, 5.41) is 0. The Hall–Kier alpha value is 2.51. The van der Waals surface area contributed by atoms with Crippen molar-refractivity contribution in [2.24, 2.45) is 0 Å². The SMILES string of the molecule is [Cu].[Ir].[Ru].[Ti]. The molecule has 0 aliphatic carbocycles. The Morgan fingerprint density at radius 3 is 1.00 bits per heavy atom. The molecule has 0 aliphatic rings. The second-order valence-corrected chi connectivity index (χ2v) is 0. The van der Waals surface area contributed by atoms with E-state index >= 15 is 0 Å². The van der Waals surface area contributed by atoms with Gasteiger partial charge in [-0.05, 0) is 0 Å². The number of hydrogen-bond donors (Lipinski definition) is 0. The minimum absolute atomic E-state index is 0. The van der Waals surface area contributed by atoms with Gasteiger partial charge in [0.15, 0.2) is 0 Å². The molecule has 0 aromatic heterocycles. The molecular formula is CuIrRuTi. The third-order valence-electron chi connectivity index (χ3n) is 0. The summed E-state index contributed by atoms with van der Waals surface area (Å²) in [5.41, 5.74) is 0. The van der Waals surface area contributed by atoms with Crippen LogP contribution in [0.4, 0.5) is 0 Å². The molecular weight excluding hydrogens is 405 g/mol. The molecule has 0 bridgehead atoms. The second-order valence-electron chi connectivity index (χ2n) is 0. The zero-order valence-corrected chi connectivity index (χ0v) is 8.12. The maximum Gasteiger partial charge on any atom is 0 e. The summed E-state index contributed by atoms with van der Waals surface area (Å²) in [5.74, 6) is 0. The summed E-state index contributed by atoms with van der Waals surface area (Å²) < 4.78 is 0. The predicted octanol–water partition coefficient (Wildman–Crippen LogP) is -0.0100. The van der Waals surface area contributed by atoms with Gasteiger partial charge in [0, 0.05) is 78.4 Å². The minimum Gasteiger partial charge on any atom is 0 e. The predicted molar refractivity (Wildman–Crippen MR) is 0 cm³/mol. The van der Waals surface area contributed by atoms with Crippen LogP contribution in [0.25, 0.3) is 0 Å². The third-order valence-corrected chi connectivity index (χ3v) is 0. The molecule has 0 heterocycles. The van der Waals surface area contributed by atoms with Gasteiger partial charge in [0.05, 0.1) is 0 Å². The van der Waals surface area contributed by atoms with E-state index in [1.807, 2.05) is 0 Å². The van der Waals surface area contributed by atoms with Gasteiger partial charge in [0.1, 0.15) is 0 Å². The van der Waals surface area contributed by atoms with E-state index in [-0.39, 0.29) is 78.4 Å². The van der Waals surface area contributed by atoms with Gasteiger partial charge in [-0.15, -0.1) is 0 Å². The molecule has 0 N–H and O–H groups in total. The summed E-state index contributed by atoms with van der Waals surface area (Å²) in [6.07, 6.45) is 0. The zero-order valence-electron chi connectivity index (χ0n) is 1.49. The quantitative estimate of drug-likeness (QED) is 0.498. The molecule has 0 amide bonds. The summed E-state index contributed by atoms with van der Waals surface area (Å²) in [6.45, 7) is 0. The van der Waals surface area contributed by atoms with Crippen molar-refractivity contribution in [3.63, 3.8) is 0 Å². The van der Waals surface area contributed by atoms with E-state index in [9.17, 15) is 0 Å². The second kappa shape index (κ2) is 17.8. The Labute approximate surface area is 77.3 Å². The van der Waals surface area contributed by atoms with Crippen molar-refractivity contribution >= 4 is 0 Å². The van der Waals surface area contributed by atoms with Crippen LogP contribution in [0.5, 0.6) is 0 Å². The topological polar surface area (TPSA) is 0 Å². The monoisotopic (exact) mass is 406 g/mol. The van der Waals surface area contributed by atoms with Crippen LogP contribution < -0.4 is 0 Å². The third kappa shape index (κ3) is 8.82. The van der Waals surface area contributed by atoms with Gasteiger partial charge in [-0.3, -0.25) is 0 Å². The van der Waals surface area contributed by atoms with E-state index in [2.05, 4.69) is 0 Å². The van der Waals surface area contributed by atoms with E-state index in [4.69, 9.17) is 0 Å². The molecule has 0 atom stereocenters. The van der Waals surface area contributed by atoms with Crippen LogP contribution in [0.1, 0.15) is 0 Å². The molecule has 0 aliphatic heterocycles. The molecule has 32 valence electrons. The first-order valence-corrected chi connectivity index (χ1v) is 0. The molecule has 0 fully saturated rings. The van der Waals surface area contributed by atoms with Gasteiger partial charge in [0.2, 0.25) is 0 Å². The summed E-state index contributed by atoms with van der Waals surface area (Å²) >= 11 is 0. The zero-order chi connectivity index (χ0) is 0. The molecule has 0 unspecified atom stereocenters. The fourth-order valence-corrected chi connectivity index (χ4v) is 0. The van der Waals surface area contributed by atoms with Crippen molar-refractivity contribution in [1.82, 2.24) is 0 Å². The number of rotatable bonds is 0. The first-order valence-electron chi connectivity index (χ1n) is 0. The molecule has 2 radical (unpaired) electrons. The number of hydrogen-bond acceptors (Lipinski definition) is 0. The van der Waals surface area contributed by atoms with Crippen molar-refractivity contribution in [3.8, 4) is 0 Å². The van der Waals surface area contributed by atoms with Crippen LogP contribution in [-0.4, -0.2) is 0 Å². The van der Waals surface area contributed by atoms with Gasteiger partial charge < -0.3 is 0 Å². The van der Waals surface area contributed by atoms with Gasteiger partial charge in [-0.1, -0.05) is 0 Å². The molecule has 4 heavy (non-hydrogen) atoms. The van der Waals surface area contributed by atoms with Crippen molar-refractivity contribution in [3.05, 3.63) is 0 Å². The fourth-order valence-electron chi connectivity index (χ4n) is 0. The van der Waals surface area contributed by atoms with Gasteiger partial charge in [-0.2, -0.15) is 0 Å². The van der Waals surface area contributed by atoms with Crippen molar-refractivity contribution < 1.29 is 78.4 Å². The first-order chi connectivity index (χ1) is 0. The Morgan fingerprint density at radius 2 is 1.00 bits per heavy atom. The van der Waals surface area contributed by atoms with E-state index in [0.29, 0.717) is 0 Å². The van der Waals surface area contributed by atoms with Crippen molar-refractivity contribution in [2.45, 2.75) is 0 Å². The molecule has 0 aromatic carbocycles. The summed E-state index contributed by atoms with van der Waals surface area (Å²) in [7, 11) is 0. The smallest absolute Gasteiger partial charge is 0 e. The van der Waals surface area contributed by atoms with E-state index in [1.165, 1.54) is 0 Å². The molecule has 0 saturated carbocycles. The Bertz CT molecular complexity index is 8.00. The minimum atomic E-state index is 0. The maximum atomic E-state index is 0. The van der Waals surface area contributed by atoms with Gasteiger partial charge in [-0.25, -0.2) is 0 Å². The van der Waals surface area contributed by atoms with Crippen LogP contribution >= 0.6 is 0 Å². The Morgan fingerprint density at radius 1 is 1.00 bits per heavy atom. The molecule has 0 rings (SSSR count). The van der Waals surface area contributed by atoms with Crippen LogP contribution in [-0.2, 0) is 78.4 Å². The van der Waals surface area contributed by atoms with Crippen molar-refractivity contribution in [1.29, 1.82) is 0 Å². The standard InChI is InChI=1S/Cu.Ir.Ru.Ti. The van der Waals surface area contributed by atoms with Crippen LogP contribution in [0.15, 0.2) is 0 Å². The molecule has 0 nitrogen and oxygen atoms in total. The largest absolute Gasteiger partial charge is 0 e. The molecule has 0 saturated heterocycles.